The lowest BCUT2D eigenvalue weighted by Crippen LogP contribution is -2.57. The van der Waals surface area contributed by atoms with Crippen LogP contribution in [-0.4, -0.2) is 68.7 Å². The van der Waals surface area contributed by atoms with Gasteiger partial charge in [0.15, 0.2) is 19.9 Å². The molecule has 1 N–H and O–H groups in total. The van der Waals surface area contributed by atoms with Gasteiger partial charge in [0, 0.05) is 30.2 Å². The molecule has 5 rings (SSSR count). The van der Waals surface area contributed by atoms with E-state index in [4.69, 9.17) is 18.6 Å². The maximum atomic E-state index is 11.0. The van der Waals surface area contributed by atoms with E-state index >= 15 is 0 Å². The van der Waals surface area contributed by atoms with E-state index in [0.717, 1.165) is 35.7 Å². The van der Waals surface area contributed by atoms with Gasteiger partial charge < -0.3 is 28.6 Å². The summed E-state index contributed by atoms with van der Waals surface area (Å²) in [5.74, 6) is 2.41. The molecule has 190 valence electrons. The van der Waals surface area contributed by atoms with Crippen LogP contribution in [0, 0.1) is 6.92 Å². The average molecular weight is 500 g/mol. The molecule has 2 atom stereocenters. The van der Waals surface area contributed by atoms with Crippen molar-refractivity contribution in [3.05, 3.63) is 23.3 Å². The van der Waals surface area contributed by atoms with Gasteiger partial charge in [-0.1, -0.05) is 20.8 Å². The van der Waals surface area contributed by atoms with E-state index in [-0.39, 0.29) is 22.9 Å². The lowest BCUT2D eigenvalue weighted by atomic mass is 9.98. The van der Waals surface area contributed by atoms with Gasteiger partial charge in [-0.3, -0.25) is 0 Å². The Hall–Kier alpha value is -2.36. The van der Waals surface area contributed by atoms with E-state index < -0.39 is 8.32 Å². The molecule has 0 bridgehead atoms. The van der Waals surface area contributed by atoms with Gasteiger partial charge in [-0.05, 0) is 43.1 Å². The second kappa shape index (κ2) is 8.94. The lowest BCUT2D eigenvalue weighted by Gasteiger charge is -2.46. The van der Waals surface area contributed by atoms with Gasteiger partial charge in [-0.2, -0.15) is 0 Å². The number of phenols is 1. The number of aromatic nitrogens is 2. The van der Waals surface area contributed by atoms with Gasteiger partial charge in [0.2, 0.25) is 0 Å². The third-order valence-corrected chi connectivity index (χ3v) is 12.5. The van der Waals surface area contributed by atoms with Crippen LogP contribution in [0.4, 0.5) is 5.82 Å². The van der Waals surface area contributed by atoms with Crippen molar-refractivity contribution in [2.45, 2.75) is 70.8 Å². The molecule has 35 heavy (non-hydrogen) atoms. The Kier molecular flexibility index (Phi) is 6.22. The molecule has 1 aromatic heterocycles. The Morgan fingerprint density at radius 3 is 2.63 bits per heavy atom. The van der Waals surface area contributed by atoms with Crippen LogP contribution in [0.5, 0.6) is 17.2 Å². The molecule has 1 saturated heterocycles. The standard InChI is InChI=1S/C26H37N3O5Si/c1-16-13-20-17(7-11-32-20)24(30)23(16)18-14-21-25(28-27-18)29(9-12-33-21)19-8-10-31-15-22(19)34-35(5,6)26(2,3)4/h13-14,19,22,30H,7-12,15H2,1-6H3/t19-,22-/m1/s1. The fourth-order valence-electron chi connectivity index (χ4n) is 4.97. The van der Waals surface area contributed by atoms with Crippen molar-refractivity contribution < 1.29 is 23.7 Å². The molecule has 9 heteroatoms. The van der Waals surface area contributed by atoms with E-state index in [0.29, 0.717) is 49.9 Å². The fraction of sp³-hybridized carbons (Fsp3) is 0.615. The number of anilines is 1. The summed E-state index contributed by atoms with van der Waals surface area (Å²) in [5.41, 5.74) is 3.03. The summed E-state index contributed by atoms with van der Waals surface area (Å²) in [4.78, 5) is 2.29. The highest BCUT2D eigenvalue weighted by Gasteiger charge is 2.44. The van der Waals surface area contributed by atoms with Crippen LogP contribution in [0.3, 0.4) is 0 Å². The summed E-state index contributed by atoms with van der Waals surface area (Å²) in [5, 5.41) is 20.3. The second-order valence-corrected chi connectivity index (χ2v) is 16.1. The van der Waals surface area contributed by atoms with E-state index in [1.54, 1.807) is 0 Å². The Morgan fingerprint density at radius 2 is 1.86 bits per heavy atom. The number of ether oxygens (including phenoxy) is 3. The topological polar surface area (TPSA) is 86.2 Å². The summed E-state index contributed by atoms with van der Waals surface area (Å²) >= 11 is 0. The van der Waals surface area contributed by atoms with Gasteiger partial charge in [-0.15, -0.1) is 10.2 Å². The van der Waals surface area contributed by atoms with E-state index in [1.807, 2.05) is 19.1 Å². The first-order chi connectivity index (χ1) is 16.6. The van der Waals surface area contributed by atoms with Crippen LogP contribution in [0.1, 0.15) is 38.3 Å². The Morgan fingerprint density at radius 1 is 1.09 bits per heavy atom. The summed E-state index contributed by atoms with van der Waals surface area (Å²) in [6.07, 6.45) is 1.53. The summed E-state index contributed by atoms with van der Waals surface area (Å²) in [7, 11) is -1.98. The normalized spacial score (nSPS) is 22.3. The third kappa shape index (κ3) is 4.38. The second-order valence-electron chi connectivity index (χ2n) is 11.3. The summed E-state index contributed by atoms with van der Waals surface area (Å²) in [6.45, 7) is 16.5. The first-order valence-corrected chi connectivity index (χ1v) is 15.5. The monoisotopic (exact) mass is 499 g/mol. The van der Waals surface area contributed by atoms with Crippen molar-refractivity contribution in [3.63, 3.8) is 0 Å². The quantitative estimate of drug-likeness (QED) is 0.617. The van der Waals surface area contributed by atoms with Crippen LogP contribution in [0.2, 0.25) is 18.1 Å². The van der Waals surface area contributed by atoms with Crippen LogP contribution in [0.15, 0.2) is 12.1 Å². The fourth-order valence-corrected chi connectivity index (χ4v) is 6.31. The average Bonchev–Trinajstić information content (AvgIpc) is 3.27. The molecule has 1 aromatic carbocycles. The third-order valence-electron chi connectivity index (χ3n) is 7.95. The Balaban J connectivity index is 1.46. The van der Waals surface area contributed by atoms with Crippen LogP contribution >= 0.6 is 0 Å². The van der Waals surface area contributed by atoms with Crippen LogP contribution < -0.4 is 14.4 Å². The molecule has 0 saturated carbocycles. The number of phenolic OH excluding ortho intramolecular Hbond substituents is 1. The number of fused-ring (bicyclic) bond motifs is 2. The number of rotatable bonds is 4. The Labute approximate surface area is 208 Å². The summed E-state index contributed by atoms with van der Waals surface area (Å²) < 4.78 is 24.4. The highest BCUT2D eigenvalue weighted by Crippen LogP contribution is 2.44. The molecular weight excluding hydrogens is 462 g/mol. The molecule has 0 radical (unpaired) electrons. The molecule has 0 unspecified atom stereocenters. The number of aromatic hydroxyl groups is 1. The first kappa shape index (κ1) is 24.3. The highest BCUT2D eigenvalue weighted by atomic mass is 28.4. The predicted molar refractivity (Wildman–Crippen MR) is 137 cm³/mol. The van der Waals surface area contributed by atoms with Gasteiger partial charge in [0.1, 0.15) is 23.8 Å². The highest BCUT2D eigenvalue weighted by molar-refractivity contribution is 6.74. The number of nitrogens with zero attached hydrogens (tertiary/aromatic N) is 3. The Bertz CT molecular complexity index is 1120. The molecule has 4 heterocycles. The molecule has 3 aliphatic rings. The molecule has 1 fully saturated rings. The van der Waals surface area contributed by atoms with Crippen molar-refractivity contribution in [1.82, 2.24) is 10.2 Å². The molecule has 8 nitrogen and oxygen atoms in total. The van der Waals surface area contributed by atoms with Gasteiger partial charge in [-0.25, -0.2) is 0 Å². The van der Waals surface area contributed by atoms with Gasteiger partial charge >= 0.3 is 0 Å². The number of hydrogen-bond donors (Lipinski definition) is 1. The van der Waals surface area contributed by atoms with Crippen molar-refractivity contribution in [3.8, 4) is 28.5 Å². The van der Waals surface area contributed by atoms with Crippen LogP contribution in [-0.2, 0) is 15.6 Å². The van der Waals surface area contributed by atoms with Crippen LogP contribution in [0.25, 0.3) is 11.3 Å². The van der Waals surface area contributed by atoms with Crippen molar-refractivity contribution in [2.75, 3.05) is 37.9 Å². The molecule has 3 aliphatic heterocycles. The number of hydrogen-bond acceptors (Lipinski definition) is 8. The van der Waals surface area contributed by atoms with Gasteiger partial charge in [0.25, 0.3) is 0 Å². The number of benzene rings is 1. The molecular formula is C26H37N3O5Si. The largest absolute Gasteiger partial charge is 0.507 e. The summed E-state index contributed by atoms with van der Waals surface area (Å²) in [6, 6.07) is 4.02. The van der Waals surface area contributed by atoms with Crippen molar-refractivity contribution in [2.24, 2.45) is 0 Å². The predicted octanol–water partition coefficient (Wildman–Crippen LogP) is 4.47. The molecule has 0 aliphatic carbocycles. The zero-order valence-corrected chi connectivity index (χ0v) is 22.7. The smallest absolute Gasteiger partial charge is 0.194 e. The SMILES string of the molecule is Cc1cc2c(c(O)c1-c1cc3c(nn1)N([C@@H]1CCOC[C@H]1O[Si](C)(C)C(C)(C)C)CCO3)CCO2. The lowest BCUT2D eigenvalue weighted by molar-refractivity contribution is -0.0150. The number of aryl methyl sites for hydroxylation is 1. The van der Waals surface area contributed by atoms with E-state index in [1.165, 1.54) is 0 Å². The molecule has 0 amide bonds. The van der Waals surface area contributed by atoms with Gasteiger partial charge in [0.05, 0.1) is 31.9 Å². The molecule has 0 spiro atoms. The maximum absolute atomic E-state index is 11.0. The minimum Gasteiger partial charge on any atom is -0.507 e. The van der Waals surface area contributed by atoms with Crippen molar-refractivity contribution in [1.29, 1.82) is 0 Å². The van der Waals surface area contributed by atoms with E-state index in [9.17, 15) is 5.11 Å². The zero-order chi connectivity index (χ0) is 25.0. The van der Waals surface area contributed by atoms with Crippen molar-refractivity contribution >= 4 is 14.1 Å². The minimum atomic E-state index is -1.98. The zero-order valence-electron chi connectivity index (χ0n) is 21.7. The van der Waals surface area contributed by atoms with E-state index in [2.05, 4.69) is 49.0 Å². The molecule has 2 aromatic rings. The first-order valence-electron chi connectivity index (χ1n) is 12.6. The minimum absolute atomic E-state index is 0.0277. The maximum Gasteiger partial charge on any atom is 0.194 e.